The van der Waals surface area contributed by atoms with Crippen molar-refractivity contribution < 1.29 is 14.5 Å². The predicted molar refractivity (Wildman–Crippen MR) is 87.9 cm³/mol. The molecule has 23 heavy (non-hydrogen) atoms. The maximum Gasteiger partial charge on any atom is 0.293 e. The number of anilines is 1. The minimum atomic E-state index is -0.496. The molecule has 0 saturated heterocycles. The summed E-state index contributed by atoms with van der Waals surface area (Å²) in [5.74, 6) is -0.245. The lowest BCUT2D eigenvalue weighted by Crippen LogP contribution is -2.21. The molecule has 0 aliphatic carbocycles. The van der Waals surface area contributed by atoms with Gasteiger partial charge in [0.1, 0.15) is 5.69 Å². The summed E-state index contributed by atoms with van der Waals surface area (Å²) in [7, 11) is 1.56. The van der Waals surface area contributed by atoms with Crippen LogP contribution >= 0.6 is 0 Å². The molecule has 0 fully saturated rings. The van der Waals surface area contributed by atoms with E-state index in [1.165, 1.54) is 6.07 Å². The lowest BCUT2D eigenvalue weighted by Gasteiger charge is -2.14. The smallest absolute Gasteiger partial charge is 0.293 e. The second kappa shape index (κ2) is 7.51. The Kier molecular flexibility index (Phi) is 5.43. The van der Waals surface area contributed by atoms with Crippen LogP contribution in [0.4, 0.5) is 11.4 Å². The minimum Gasteiger partial charge on any atom is -0.383 e. The molecule has 6 heteroatoms. The topological polar surface area (TPSA) is 81.5 Å². The van der Waals surface area contributed by atoms with Crippen LogP contribution in [0.25, 0.3) is 0 Å². The highest BCUT2D eigenvalue weighted by atomic mass is 16.6. The summed E-state index contributed by atoms with van der Waals surface area (Å²) in [5, 5.41) is 14.3. The maximum absolute atomic E-state index is 12.4. The van der Waals surface area contributed by atoms with Crippen LogP contribution in [0.5, 0.6) is 0 Å². The largest absolute Gasteiger partial charge is 0.383 e. The molecule has 2 rings (SSSR count). The average molecular weight is 314 g/mol. The van der Waals surface area contributed by atoms with E-state index < -0.39 is 4.92 Å². The van der Waals surface area contributed by atoms with E-state index >= 15 is 0 Å². The first-order chi connectivity index (χ1) is 11.0. The summed E-state index contributed by atoms with van der Waals surface area (Å²) in [6, 6.07) is 13.0. The van der Waals surface area contributed by atoms with E-state index in [0.29, 0.717) is 17.9 Å². The molecule has 0 spiro atoms. The summed E-state index contributed by atoms with van der Waals surface area (Å²) in [6.45, 7) is 2.28. The second-order valence-electron chi connectivity index (χ2n) is 5.18. The molecule has 1 N–H and O–H groups in total. The van der Waals surface area contributed by atoms with Crippen LogP contribution in [0.1, 0.15) is 22.8 Å². The molecule has 6 nitrogen and oxygen atoms in total. The number of ether oxygens (including phenoxy) is 1. The quantitative estimate of drug-likeness (QED) is 0.482. The number of carbonyl (C=O) groups is 1. The van der Waals surface area contributed by atoms with E-state index in [2.05, 4.69) is 5.32 Å². The average Bonchev–Trinajstić information content (AvgIpc) is 2.55. The van der Waals surface area contributed by atoms with Crippen molar-refractivity contribution in [3.8, 4) is 0 Å². The summed E-state index contributed by atoms with van der Waals surface area (Å²) in [4.78, 5) is 23.2. The molecule has 120 valence electrons. The SMILES string of the molecule is COC[C@H](C)Nc1ccc(C(=O)c2ccccc2)cc1[N+](=O)[O-]. The molecule has 2 aromatic rings. The Bertz CT molecular complexity index is 701. The number of nitro benzene ring substituents is 1. The Hall–Kier alpha value is -2.73. The van der Waals surface area contributed by atoms with Gasteiger partial charge in [-0.05, 0) is 19.1 Å². The van der Waals surface area contributed by atoms with Crippen LogP contribution < -0.4 is 5.32 Å². The number of nitrogens with zero attached hydrogens (tertiary/aromatic N) is 1. The van der Waals surface area contributed by atoms with Crippen molar-refractivity contribution in [2.75, 3.05) is 19.0 Å². The number of nitro groups is 1. The lowest BCUT2D eigenvalue weighted by atomic mass is 10.0. The number of nitrogens with one attached hydrogen (secondary N) is 1. The van der Waals surface area contributed by atoms with Crippen LogP contribution in [-0.4, -0.2) is 30.5 Å². The van der Waals surface area contributed by atoms with Crippen molar-refractivity contribution in [3.05, 3.63) is 69.8 Å². The van der Waals surface area contributed by atoms with Gasteiger partial charge < -0.3 is 10.1 Å². The van der Waals surface area contributed by atoms with E-state index in [0.717, 1.165) is 0 Å². The van der Waals surface area contributed by atoms with Crippen LogP contribution in [0.15, 0.2) is 48.5 Å². The molecular formula is C17H18N2O4. The minimum absolute atomic E-state index is 0.0885. The summed E-state index contributed by atoms with van der Waals surface area (Å²) in [6.07, 6.45) is 0. The first-order valence-electron chi connectivity index (χ1n) is 7.16. The molecule has 0 aromatic heterocycles. The first kappa shape index (κ1) is 16.6. The zero-order valence-corrected chi connectivity index (χ0v) is 13.0. The number of hydrogen-bond acceptors (Lipinski definition) is 5. The van der Waals surface area contributed by atoms with Crippen molar-refractivity contribution >= 4 is 17.2 Å². The van der Waals surface area contributed by atoms with Crippen molar-refractivity contribution in [2.45, 2.75) is 13.0 Å². The van der Waals surface area contributed by atoms with Crippen molar-refractivity contribution in [3.63, 3.8) is 0 Å². The maximum atomic E-state index is 12.4. The van der Waals surface area contributed by atoms with Gasteiger partial charge in [0.2, 0.25) is 0 Å². The Balaban J connectivity index is 2.32. The third-order valence-electron chi connectivity index (χ3n) is 3.31. The second-order valence-corrected chi connectivity index (χ2v) is 5.18. The van der Waals surface area contributed by atoms with Crippen LogP contribution in [0.3, 0.4) is 0 Å². The molecule has 0 aliphatic rings. The standard InChI is InChI=1S/C17H18N2O4/c1-12(11-23-2)18-15-9-8-14(10-16(15)19(21)22)17(20)13-6-4-3-5-7-13/h3-10,12,18H,11H2,1-2H3/t12-/m0/s1. The van der Waals surface area contributed by atoms with Gasteiger partial charge in [-0.15, -0.1) is 0 Å². The predicted octanol–water partition coefficient (Wildman–Crippen LogP) is 3.27. The van der Waals surface area contributed by atoms with Crippen molar-refractivity contribution in [1.82, 2.24) is 0 Å². The Morgan fingerprint density at radius 3 is 2.52 bits per heavy atom. The number of hydrogen-bond donors (Lipinski definition) is 1. The van der Waals surface area contributed by atoms with E-state index in [1.807, 2.05) is 13.0 Å². The third kappa shape index (κ3) is 4.14. The molecule has 1 atom stereocenters. The fourth-order valence-electron chi connectivity index (χ4n) is 2.26. The van der Waals surface area contributed by atoms with E-state index in [9.17, 15) is 14.9 Å². The molecule has 0 aliphatic heterocycles. The van der Waals surface area contributed by atoms with Gasteiger partial charge in [0.25, 0.3) is 5.69 Å². The number of methoxy groups -OCH3 is 1. The van der Waals surface area contributed by atoms with Crippen LogP contribution in [0, 0.1) is 10.1 Å². The number of benzene rings is 2. The Morgan fingerprint density at radius 2 is 1.91 bits per heavy atom. The van der Waals surface area contributed by atoms with Gasteiger partial charge in [0, 0.05) is 30.3 Å². The van der Waals surface area contributed by atoms with Crippen LogP contribution in [-0.2, 0) is 4.74 Å². The van der Waals surface area contributed by atoms with Gasteiger partial charge in [-0.2, -0.15) is 0 Å². The van der Waals surface area contributed by atoms with Gasteiger partial charge in [-0.25, -0.2) is 0 Å². The zero-order chi connectivity index (χ0) is 16.8. The highest BCUT2D eigenvalue weighted by molar-refractivity contribution is 6.09. The van der Waals surface area contributed by atoms with Crippen LogP contribution in [0.2, 0.25) is 0 Å². The molecule has 0 radical (unpaired) electrons. The monoisotopic (exact) mass is 314 g/mol. The molecule has 0 bridgehead atoms. The van der Waals surface area contributed by atoms with E-state index in [1.54, 1.807) is 43.5 Å². The molecule has 0 unspecified atom stereocenters. The fourth-order valence-corrected chi connectivity index (χ4v) is 2.26. The number of ketones is 1. The summed E-state index contributed by atoms with van der Waals surface area (Å²) >= 11 is 0. The van der Waals surface area contributed by atoms with E-state index in [4.69, 9.17) is 4.74 Å². The number of carbonyl (C=O) groups excluding carboxylic acids is 1. The van der Waals surface area contributed by atoms with Gasteiger partial charge in [-0.3, -0.25) is 14.9 Å². The van der Waals surface area contributed by atoms with Gasteiger partial charge in [0.05, 0.1) is 11.5 Å². The molecule has 0 amide bonds. The summed E-state index contributed by atoms with van der Waals surface area (Å²) in [5.41, 5.74) is 1.02. The zero-order valence-electron chi connectivity index (χ0n) is 13.0. The lowest BCUT2D eigenvalue weighted by molar-refractivity contribution is -0.384. The summed E-state index contributed by atoms with van der Waals surface area (Å²) < 4.78 is 5.01. The third-order valence-corrected chi connectivity index (χ3v) is 3.31. The first-order valence-corrected chi connectivity index (χ1v) is 7.16. The molecule has 0 saturated carbocycles. The van der Waals surface area contributed by atoms with E-state index in [-0.39, 0.29) is 23.1 Å². The Labute approximate surface area is 134 Å². The van der Waals surface area contributed by atoms with Gasteiger partial charge in [0.15, 0.2) is 5.78 Å². The Morgan fingerprint density at radius 1 is 1.22 bits per heavy atom. The molecular weight excluding hydrogens is 296 g/mol. The van der Waals surface area contributed by atoms with Gasteiger partial charge >= 0.3 is 0 Å². The van der Waals surface area contributed by atoms with Gasteiger partial charge in [-0.1, -0.05) is 30.3 Å². The molecule has 2 aromatic carbocycles. The fraction of sp³-hybridized carbons (Fsp3) is 0.235. The molecule has 0 heterocycles. The van der Waals surface area contributed by atoms with Crippen molar-refractivity contribution in [1.29, 1.82) is 0 Å². The number of rotatable bonds is 7. The normalized spacial score (nSPS) is 11.7. The van der Waals surface area contributed by atoms with Crippen molar-refractivity contribution in [2.24, 2.45) is 0 Å². The highest BCUT2D eigenvalue weighted by Crippen LogP contribution is 2.27. The highest BCUT2D eigenvalue weighted by Gasteiger charge is 2.19.